The molecule has 7 nitrogen and oxygen atoms in total. The molecule has 33 heavy (non-hydrogen) atoms. The number of morpholine rings is 1. The average molecular weight is 468 g/mol. The zero-order valence-electron chi connectivity index (χ0n) is 18.8. The quantitative estimate of drug-likeness (QED) is 0.523. The highest BCUT2D eigenvalue weighted by atomic mass is 32.1. The molecule has 1 N–H and O–H groups in total. The summed E-state index contributed by atoms with van der Waals surface area (Å²) in [6.07, 6.45) is 2.60. The highest BCUT2D eigenvalue weighted by Gasteiger charge is 2.16. The van der Waals surface area contributed by atoms with Crippen molar-refractivity contribution in [3.63, 3.8) is 0 Å². The molecule has 1 fully saturated rings. The third-order valence-electron chi connectivity index (χ3n) is 5.75. The van der Waals surface area contributed by atoms with Crippen LogP contribution in [0.2, 0.25) is 0 Å². The second-order valence-corrected chi connectivity index (χ2v) is 8.98. The first-order valence-electron chi connectivity index (χ1n) is 11.1. The standard InChI is InChI=1S/C25H29N3O4S/c1-19-20(4-2-6-23(19)26-17-25(30)27-10-13-31-14-11-27)18-28-9-7-21(16-24(28)29)32-12-8-22-5-3-15-33-22/h2-7,9,15-16,26H,8,10-14,17-18H2,1H3. The van der Waals surface area contributed by atoms with Crippen LogP contribution < -0.4 is 15.6 Å². The van der Waals surface area contributed by atoms with Crippen LogP contribution in [0.5, 0.6) is 5.75 Å². The van der Waals surface area contributed by atoms with Crippen LogP contribution in [0.1, 0.15) is 16.0 Å². The van der Waals surface area contributed by atoms with Crippen molar-refractivity contribution >= 4 is 22.9 Å². The monoisotopic (exact) mass is 467 g/mol. The van der Waals surface area contributed by atoms with Gasteiger partial charge >= 0.3 is 0 Å². The number of carbonyl (C=O) groups excluding carboxylic acids is 1. The molecule has 0 aliphatic carbocycles. The zero-order chi connectivity index (χ0) is 23.0. The van der Waals surface area contributed by atoms with Gasteiger partial charge in [0.2, 0.25) is 5.91 Å². The van der Waals surface area contributed by atoms with Crippen LogP contribution in [0.25, 0.3) is 0 Å². The van der Waals surface area contributed by atoms with E-state index in [-0.39, 0.29) is 18.0 Å². The first kappa shape index (κ1) is 23.1. The van der Waals surface area contributed by atoms with Crippen molar-refractivity contribution in [1.29, 1.82) is 0 Å². The summed E-state index contributed by atoms with van der Waals surface area (Å²) in [6.45, 7) is 5.69. The van der Waals surface area contributed by atoms with Gasteiger partial charge in [-0.05, 0) is 41.6 Å². The lowest BCUT2D eigenvalue weighted by molar-refractivity contribution is -0.133. The molecular formula is C25H29N3O4S. The molecule has 1 amide bonds. The van der Waals surface area contributed by atoms with Crippen LogP contribution in [0.4, 0.5) is 5.69 Å². The number of thiophene rings is 1. The van der Waals surface area contributed by atoms with Gasteiger partial charge in [-0.1, -0.05) is 18.2 Å². The van der Waals surface area contributed by atoms with Crippen molar-refractivity contribution in [1.82, 2.24) is 9.47 Å². The number of amides is 1. The van der Waals surface area contributed by atoms with E-state index in [4.69, 9.17) is 9.47 Å². The Hall–Kier alpha value is -3.10. The Morgan fingerprint density at radius 2 is 2.03 bits per heavy atom. The molecule has 0 radical (unpaired) electrons. The van der Waals surface area contributed by atoms with Crippen molar-refractivity contribution in [2.24, 2.45) is 0 Å². The fourth-order valence-corrected chi connectivity index (χ4v) is 4.45. The Balaban J connectivity index is 1.35. The largest absolute Gasteiger partial charge is 0.493 e. The van der Waals surface area contributed by atoms with Gasteiger partial charge in [-0.3, -0.25) is 9.59 Å². The van der Waals surface area contributed by atoms with E-state index in [1.165, 1.54) is 10.9 Å². The molecule has 3 aromatic rings. The van der Waals surface area contributed by atoms with Crippen LogP contribution in [0.3, 0.4) is 0 Å². The lowest BCUT2D eigenvalue weighted by Gasteiger charge is -2.27. The smallest absolute Gasteiger partial charge is 0.254 e. The lowest BCUT2D eigenvalue weighted by atomic mass is 10.1. The minimum atomic E-state index is -0.108. The first-order valence-corrected chi connectivity index (χ1v) is 12.0. The SMILES string of the molecule is Cc1c(Cn2ccc(OCCc3cccs3)cc2=O)cccc1NCC(=O)N1CCOCC1. The Morgan fingerprint density at radius 3 is 2.79 bits per heavy atom. The van der Waals surface area contributed by atoms with Gasteiger partial charge < -0.3 is 24.3 Å². The van der Waals surface area contributed by atoms with Crippen molar-refractivity contribution in [2.75, 3.05) is 44.8 Å². The number of aromatic nitrogens is 1. The normalized spacial score (nSPS) is 13.7. The Labute approximate surface area is 197 Å². The Bertz CT molecular complexity index is 1120. The van der Waals surface area contributed by atoms with Gasteiger partial charge in [-0.25, -0.2) is 0 Å². The first-order chi connectivity index (χ1) is 16.1. The summed E-state index contributed by atoms with van der Waals surface area (Å²) in [6, 6.07) is 13.4. The number of anilines is 1. The van der Waals surface area contributed by atoms with Gasteiger partial charge in [0.15, 0.2) is 0 Å². The van der Waals surface area contributed by atoms with E-state index in [1.807, 2.05) is 47.5 Å². The minimum absolute atomic E-state index is 0.0639. The minimum Gasteiger partial charge on any atom is -0.493 e. The number of hydrogen-bond acceptors (Lipinski definition) is 6. The molecule has 0 spiro atoms. The number of carbonyl (C=O) groups is 1. The molecule has 1 saturated heterocycles. The van der Waals surface area contributed by atoms with Gasteiger partial charge in [-0.15, -0.1) is 11.3 Å². The summed E-state index contributed by atoms with van der Waals surface area (Å²) in [5.74, 6) is 0.649. The van der Waals surface area contributed by atoms with Gasteiger partial charge in [0.1, 0.15) is 5.75 Å². The molecule has 1 aromatic carbocycles. The predicted octanol–water partition coefficient (Wildman–Crippen LogP) is 3.16. The van der Waals surface area contributed by atoms with Crippen LogP contribution >= 0.6 is 11.3 Å². The van der Waals surface area contributed by atoms with E-state index in [9.17, 15) is 9.59 Å². The number of rotatable bonds is 9. The van der Waals surface area contributed by atoms with Crippen LogP contribution in [0.15, 0.2) is 58.8 Å². The molecule has 174 valence electrons. The van der Waals surface area contributed by atoms with E-state index in [0.29, 0.717) is 45.2 Å². The lowest BCUT2D eigenvalue weighted by Crippen LogP contribution is -2.43. The molecule has 0 saturated carbocycles. The molecule has 1 aliphatic rings. The van der Waals surface area contributed by atoms with Crippen molar-refractivity contribution in [2.45, 2.75) is 19.9 Å². The van der Waals surface area contributed by atoms with Crippen molar-refractivity contribution in [3.8, 4) is 5.75 Å². The maximum atomic E-state index is 12.6. The van der Waals surface area contributed by atoms with Gasteiger partial charge in [0, 0.05) is 42.3 Å². The number of nitrogens with zero attached hydrogens (tertiary/aromatic N) is 2. The summed E-state index contributed by atoms with van der Waals surface area (Å²) in [5, 5.41) is 5.30. The summed E-state index contributed by atoms with van der Waals surface area (Å²) >= 11 is 1.70. The van der Waals surface area contributed by atoms with Crippen LogP contribution in [-0.4, -0.2) is 54.8 Å². The van der Waals surface area contributed by atoms with Crippen LogP contribution in [-0.2, 0) is 22.5 Å². The fraction of sp³-hybridized carbons (Fsp3) is 0.360. The van der Waals surface area contributed by atoms with Gasteiger partial charge in [0.25, 0.3) is 5.56 Å². The van der Waals surface area contributed by atoms with E-state index >= 15 is 0 Å². The summed E-state index contributed by atoms with van der Waals surface area (Å²) < 4.78 is 12.7. The fourth-order valence-electron chi connectivity index (χ4n) is 3.76. The molecule has 1 aliphatic heterocycles. The summed E-state index contributed by atoms with van der Waals surface area (Å²) in [7, 11) is 0. The molecular weight excluding hydrogens is 438 g/mol. The van der Waals surface area contributed by atoms with E-state index in [2.05, 4.69) is 11.4 Å². The third kappa shape index (κ3) is 6.24. The molecule has 2 aromatic heterocycles. The van der Waals surface area contributed by atoms with Gasteiger partial charge in [0.05, 0.1) is 32.9 Å². The predicted molar refractivity (Wildman–Crippen MR) is 130 cm³/mol. The van der Waals surface area contributed by atoms with Crippen molar-refractivity contribution in [3.05, 3.63) is 80.4 Å². The second-order valence-electron chi connectivity index (χ2n) is 7.94. The Morgan fingerprint density at radius 1 is 1.18 bits per heavy atom. The number of pyridine rings is 1. The number of benzene rings is 1. The third-order valence-corrected chi connectivity index (χ3v) is 6.68. The molecule has 3 heterocycles. The number of ether oxygens (including phenoxy) is 2. The summed E-state index contributed by atoms with van der Waals surface area (Å²) in [4.78, 5) is 28.1. The molecule has 8 heteroatoms. The zero-order valence-corrected chi connectivity index (χ0v) is 19.6. The highest BCUT2D eigenvalue weighted by Crippen LogP contribution is 2.20. The van der Waals surface area contributed by atoms with Crippen molar-refractivity contribution < 1.29 is 14.3 Å². The molecule has 0 unspecified atom stereocenters. The van der Waals surface area contributed by atoms with E-state index < -0.39 is 0 Å². The highest BCUT2D eigenvalue weighted by molar-refractivity contribution is 7.09. The number of nitrogens with one attached hydrogen (secondary N) is 1. The number of hydrogen-bond donors (Lipinski definition) is 1. The maximum Gasteiger partial charge on any atom is 0.254 e. The van der Waals surface area contributed by atoms with E-state index in [0.717, 1.165) is 23.2 Å². The van der Waals surface area contributed by atoms with Gasteiger partial charge in [-0.2, -0.15) is 0 Å². The average Bonchev–Trinajstić information content (AvgIpc) is 3.35. The topological polar surface area (TPSA) is 72.8 Å². The summed E-state index contributed by atoms with van der Waals surface area (Å²) in [5.41, 5.74) is 2.84. The molecule has 0 bridgehead atoms. The molecule has 4 rings (SSSR count). The van der Waals surface area contributed by atoms with Crippen LogP contribution in [0, 0.1) is 6.92 Å². The maximum absolute atomic E-state index is 12.6. The van der Waals surface area contributed by atoms with E-state index in [1.54, 1.807) is 22.1 Å². The second kappa shape index (κ2) is 11.2. The molecule has 0 atom stereocenters. The Kier molecular flexibility index (Phi) is 7.80.